The van der Waals surface area contributed by atoms with Crippen molar-refractivity contribution in [3.8, 4) is 17.2 Å². The monoisotopic (exact) mass is 461 g/mol. The number of imide groups is 1. The average molecular weight is 462 g/mol. The summed E-state index contributed by atoms with van der Waals surface area (Å²) in [5, 5.41) is 0.147. The quantitative estimate of drug-likeness (QED) is 0.450. The van der Waals surface area contributed by atoms with Gasteiger partial charge in [0.15, 0.2) is 11.5 Å². The Hall–Kier alpha value is -2.64. The largest absolute Gasteiger partial charge is 0.493 e. The Kier molecular flexibility index (Phi) is 7.87. The lowest BCUT2D eigenvalue weighted by Gasteiger charge is -2.16. The molecule has 2 amide bonds. The van der Waals surface area contributed by atoms with Crippen molar-refractivity contribution in [1.82, 2.24) is 4.90 Å². The van der Waals surface area contributed by atoms with Crippen molar-refractivity contribution in [3.05, 3.63) is 58.0 Å². The van der Waals surface area contributed by atoms with E-state index < -0.39 is 0 Å². The molecule has 1 atom stereocenters. The number of halogens is 1. The van der Waals surface area contributed by atoms with E-state index in [9.17, 15) is 9.59 Å². The number of rotatable bonds is 9. The molecule has 0 N–H and O–H groups in total. The molecular formula is C23H24ClNO5S. The molecule has 2 aromatic carbocycles. The highest BCUT2D eigenvalue weighted by Crippen LogP contribution is 2.35. The number of nitrogens with zero attached hydrogens (tertiary/aromatic N) is 1. The predicted molar refractivity (Wildman–Crippen MR) is 123 cm³/mol. The van der Waals surface area contributed by atoms with Gasteiger partial charge in [-0.05, 0) is 61.0 Å². The van der Waals surface area contributed by atoms with Crippen molar-refractivity contribution >= 4 is 40.6 Å². The Balaban J connectivity index is 1.67. The van der Waals surface area contributed by atoms with E-state index in [4.69, 9.17) is 25.8 Å². The molecule has 6 nitrogen and oxygen atoms in total. The summed E-state index contributed by atoms with van der Waals surface area (Å²) in [5.41, 5.74) is 0.742. The Morgan fingerprint density at radius 3 is 2.61 bits per heavy atom. The second-order valence-corrected chi connectivity index (χ2v) is 8.26. The summed E-state index contributed by atoms with van der Waals surface area (Å²) < 4.78 is 16.9. The molecule has 1 fully saturated rings. The first kappa shape index (κ1) is 23.0. The third-order valence-electron chi connectivity index (χ3n) is 4.67. The molecular weight excluding hydrogens is 438 g/mol. The summed E-state index contributed by atoms with van der Waals surface area (Å²) in [6, 6.07) is 12.5. The molecule has 0 saturated carbocycles. The van der Waals surface area contributed by atoms with Gasteiger partial charge in [0.2, 0.25) is 0 Å². The summed E-state index contributed by atoms with van der Waals surface area (Å²) in [6.07, 6.45) is 2.61. The molecule has 2 aromatic rings. The fourth-order valence-electron chi connectivity index (χ4n) is 2.82. The lowest BCUT2D eigenvalue weighted by Crippen LogP contribution is -2.32. The summed E-state index contributed by atoms with van der Waals surface area (Å²) >= 11 is 6.96. The van der Waals surface area contributed by atoms with Crippen LogP contribution in [0, 0.1) is 0 Å². The van der Waals surface area contributed by atoms with Crippen molar-refractivity contribution < 1.29 is 23.8 Å². The van der Waals surface area contributed by atoms with Crippen molar-refractivity contribution in [3.63, 3.8) is 0 Å². The van der Waals surface area contributed by atoms with Gasteiger partial charge in [0.05, 0.1) is 29.7 Å². The third kappa shape index (κ3) is 5.74. The molecule has 3 rings (SSSR count). The minimum absolute atomic E-state index is 0.0595. The van der Waals surface area contributed by atoms with Crippen LogP contribution in [0.15, 0.2) is 47.4 Å². The van der Waals surface area contributed by atoms with Gasteiger partial charge in [-0.1, -0.05) is 36.7 Å². The van der Waals surface area contributed by atoms with Gasteiger partial charge in [-0.25, -0.2) is 0 Å². The number of hydrogen-bond donors (Lipinski definition) is 0. The number of benzene rings is 2. The maximum absolute atomic E-state index is 12.7. The van der Waals surface area contributed by atoms with Crippen LogP contribution in [0.1, 0.15) is 25.8 Å². The first-order chi connectivity index (χ1) is 14.9. The standard InChI is InChI=1S/C23H24ClNO5S/c1-4-15(2)30-19-10-9-16(13-20(19)28-3)14-21-22(26)25(23(27)31-21)11-12-29-18-8-6-5-7-17(18)24/h5-10,13-15H,4,11-12H2,1-3H3/b21-14-. The van der Waals surface area contributed by atoms with E-state index in [0.717, 1.165) is 23.7 Å². The van der Waals surface area contributed by atoms with Gasteiger partial charge in [-0.15, -0.1) is 0 Å². The first-order valence-corrected chi connectivity index (χ1v) is 11.1. The number of carbonyl (C=O) groups is 2. The van der Waals surface area contributed by atoms with Crippen LogP contribution < -0.4 is 14.2 Å². The van der Waals surface area contributed by atoms with Crippen LogP contribution in [-0.2, 0) is 4.79 Å². The lowest BCUT2D eigenvalue weighted by atomic mass is 10.1. The van der Waals surface area contributed by atoms with Crippen molar-refractivity contribution in [2.45, 2.75) is 26.4 Å². The number of thioether (sulfide) groups is 1. The fraction of sp³-hybridized carbons (Fsp3) is 0.304. The molecule has 1 saturated heterocycles. The summed E-state index contributed by atoms with van der Waals surface area (Å²) in [4.78, 5) is 26.6. The van der Waals surface area contributed by atoms with E-state index >= 15 is 0 Å². The number of carbonyl (C=O) groups excluding carboxylic acids is 2. The van der Waals surface area contributed by atoms with Crippen LogP contribution in [0.5, 0.6) is 17.2 Å². The van der Waals surface area contributed by atoms with E-state index in [1.54, 1.807) is 49.6 Å². The second-order valence-electron chi connectivity index (χ2n) is 6.86. The Morgan fingerprint density at radius 1 is 1.13 bits per heavy atom. The van der Waals surface area contributed by atoms with E-state index in [0.29, 0.717) is 27.2 Å². The van der Waals surface area contributed by atoms with E-state index in [-0.39, 0.29) is 30.4 Å². The first-order valence-electron chi connectivity index (χ1n) is 9.90. The molecule has 0 aliphatic carbocycles. The van der Waals surface area contributed by atoms with Gasteiger partial charge in [0.25, 0.3) is 11.1 Å². The summed E-state index contributed by atoms with van der Waals surface area (Å²) in [6.45, 7) is 4.32. The lowest BCUT2D eigenvalue weighted by molar-refractivity contribution is -0.123. The Morgan fingerprint density at radius 2 is 1.90 bits per heavy atom. The summed E-state index contributed by atoms with van der Waals surface area (Å²) in [5.74, 6) is 1.37. The minimum atomic E-state index is -0.350. The SMILES string of the molecule is CCC(C)Oc1ccc(/C=C2\SC(=O)N(CCOc3ccccc3Cl)C2=O)cc1OC. The molecule has 31 heavy (non-hydrogen) atoms. The highest BCUT2D eigenvalue weighted by Gasteiger charge is 2.34. The van der Waals surface area contributed by atoms with Gasteiger partial charge in [0.1, 0.15) is 12.4 Å². The molecule has 1 heterocycles. The fourth-order valence-corrected chi connectivity index (χ4v) is 3.88. The van der Waals surface area contributed by atoms with Gasteiger partial charge in [-0.3, -0.25) is 14.5 Å². The van der Waals surface area contributed by atoms with Gasteiger partial charge in [-0.2, -0.15) is 0 Å². The molecule has 0 aromatic heterocycles. The van der Waals surface area contributed by atoms with Crippen LogP contribution in [0.25, 0.3) is 6.08 Å². The topological polar surface area (TPSA) is 65.1 Å². The smallest absolute Gasteiger partial charge is 0.293 e. The van der Waals surface area contributed by atoms with Crippen LogP contribution in [0.3, 0.4) is 0 Å². The second kappa shape index (κ2) is 10.6. The van der Waals surface area contributed by atoms with E-state index in [2.05, 4.69) is 0 Å². The van der Waals surface area contributed by atoms with Crippen molar-refractivity contribution in [2.75, 3.05) is 20.3 Å². The van der Waals surface area contributed by atoms with Gasteiger partial charge in [0, 0.05) is 0 Å². The van der Waals surface area contributed by atoms with Crippen LogP contribution in [0.2, 0.25) is 5.02 Å². The van der Waals surface area contributed by atoms with Crippen molar-refractivity contribution in [2.24, 2.45) is 0 Å². The van der Waals surface area contributed by atoms with Gasteiger partial charge >= 0.3 is 0 Å². The normalized spacial score (nSPS) is 16.0. The highest BCUT2D eigenvalue weighted by atomic mass is 35.5. The highest BCUT2D eigenvalue weighted by molar-refractivity contribution is 8.18. The van der Waals surface area contributed by atoms with E-state index in [1.807, 2.05) is 19.9 Å². The molecule has 0 spiro atoms. The third-order valence-corrected chi connectivity index (χ3v) is 5.89. The molecule has 164 valence electrons. The number of para-hydroxylation sites is 1. The van der Waals surface area contributed by atoms with Crippen LogP contribution in [0.4, 0.5) is 4.79 Å². The minimum Gasteiger partial charge on any atom is -0.493 e. The zero-order valence-electron chi connectivity index (χ0n) is 17.6. The number of amides is 2. The molecule has 0 bridgehead atoms. The van der Waals surface area contributed by atoms with E-state index in [1.165, 1.54) is 4.90 Å². The molecule has 8 heteroatoms. The average Bonchev–Trinajstić information content (AvgIpc) is 3.03. The Bertz CT molecular complexity index is 994. The van der Waals surface area contributed by atoms with Gasteiger partial charge < -0.3 is 14.2 Å². The number of hydrogen-bond acceptors (Lipinski definition) is 6. The molecule has 1 aliphatic rings. The maximum atomic E-state index is 12.7. The van der Waals surface area contributed by atoms with Crippen LogP contribution in [-0.4, -0.2) is 42.4 Å². The van der Waals surface area contributed by atoms with Crippen LogP contribution >= 0.6 is 23.4 Å². The summed E-state index contributed by atoms with van der Waals surface area (Å²) in [7, 11) is 1.56. The van der Waals surface area contributed by atoms with Crippen molar-refractivity contribution in [1.29, 1.82) is 0 Å². The zero-order valence-corrected chi connectivity index (χ0v) is 19.2. The number of ether oxygens (including phenoxy) is 3. The zero-order chi connectivity index (χ0) is 22.4. The molecule has 1 aliphatic heterocycles. The maximum Gasteiger partial charge on any atom is 0.293 e. The Labute approximate surface area is 191 Å². The predicted octanol–water partition coefficient (Wildman–Crippen LogP) is 5.64. The molecule has 0 radical (unpaired) electrons. The molecule has 1 unspecified atom stereocenters. The number of methoxy groups -OCH3 is 1.